The number of rotatable bonds is 5. The molecule has 0 saturated heterocycles. The van der Waals surface area contributed by atoms with E-state index in [-0.39, 0.29) is 18.0 Å². The Morgan fingerprint density at radius 2 is 2.00 bits per heavy atom. The molecule has 0 atom stereocenters. The van der Waals surface area contributed by atoms with Crippen LogP contribution in [0.25, 0.3) is 0 Å². The van der Waals surface area contributed by atoms with Crippen LogP contribution in [0.4, 0.5) is 15.8 Å². The van der Waals surface area contributed by atoms with E-state index in [1.54, 1.807) is 12.1 Å². The lowest BCUT2D eigenvalue weighted by atomic mass is 10.1. The summed E-state index contributed by atoms with van der Waals surface area (Å²) in [5.74, 6) is -1.28. The molecule has 0 spiro atoms. The Bertz CT molecular complexity index is 722. The molecule has 2 aromatic carbocycles. The van der Waals surface area contributed by atoms with Crippen molar-refractivity contribution >= 4 is 28.9 Å². The van der Waals surface area contributed by atoms with Crippen molar-refractivity contribution in [2.75, 3.05) is 5.32 Å². The number of amides is 1. The third-order valence-electron chi connectivity index (χ3n) is 3.01. The second kappa shape index (κ2) is 7.00. The van der Waals surface area contributed by atoms with E-state index in [0.717, 1.165) is 17.7 Å². The number of benzene rings is 2. The molecule has 7 heteroatoms. The number of carbonyl (C=O) groups excluding carboxylic acids is 1. The van der Waals surface area contributed by atoms with Crippen molar-refractivity contribution in [2.24, 2.45) is 0 Å². The molecule has 0 aromatic heterocycles. The molecular weight excluding hydrogens is 311 g/mol. The van der Waals surface area contributed by atoms with E-state index < -0.39 is 16.4 Å². The van der Waals surface area contributed by atoms with Gasteiger partial charge in [0.25, 0.3) is 0 Å². The number of anilines is 1. The van der Waals surface area contributed by atoms with Crippen molar-refractivity contribution in [1.82, 2.24) is 0 Å². The van der Waals surface area contributed by atoms with Gasteiger partial charge in [0.05, 0.1) is 4.92 Å². The van der Waals surface area contributed by atoms with Gasteiger partial charge in [-0.1, -0.05) is 29.8 Å². The molecule has 0 aliphatic carbocycles. The maximum atomic E-state index is 13.2. The minimum absolute atomic E-state index is 0.162. The fourth-order valence-electron chi connectivity index (χ4n) is 1.90. The number of nitro groups is 1. The molecule has 0 fully saturated rings. The predicted octanol–water partition coefficient (Wildman–Crippen LogP) is 3.96. The summed E-state index contributed by atoms with van der Waals surface area (Å²) in [6.45, 7) is 0. The summed E-state index contributed by atoms with van der Waals surface area (Å²) in [5, 5.41) is 13.7. The molecule has 2 aromatic rings. The fraction of sp³-hybridized carbons (Fsp3) is 0.133. The topological polar surface area (TPSA) is 72.2 Å². The van der Waals surface area contributed by atoms with Crippen LogP contribution in [-0.2, 0) is 11.2 Å². The van der Waals surface area contributed by atoms with Gasteiger partial charge in [0.1, 0.15) is 0 Å². The summed E-state index contributed by atoms with van der Waals surface area (Å²) < 4.78 is 13.2. The smallest absolute Gasteiger partial charge is 0.306 e. The zero-order valence-electron chi connectivity index (χ0n) is 11.4. The average Bonchev–Trinajstić information content (AvgIpc) is 2.48. The number of hydrogen-bond donors (Lipinski definition) is 1. The summed E-state index contributed by atoms with van der Waals surface area (Å²) in [7, 11) is 0. The van der Waals surface area contributed by atoms with E-state index in [0.29, 0.717) is 11.4 Å². The highest BCUT2D eigenvalue weighted by Gasteiger charge is 2.15. The van der Waals surface area contributed by atoms with Crippen LogP contribution in [0.15, 0.2) is 42.5 Å². The van der Waals surface area contributed by atoms with Crippen molar-refractivity contribution in [1.29, 1.82) is 0 Å². The molecule has 0 aliphatic rings. The minimum atomic E-state index is -0.945. The van der Waals surface area contributed by atoms with Gasteiger partial charge in [0.2, 0.25) is 11.7 Å². The fourth-order valence-corrected chi connectivity index (χ4v) is 2.13. The van der Waals surface area contributed by atoms with Crippen LogP contribution in [0.1, 0.15) is 12.0 Å². The molecule has 0 radical (unpaired) electrons. The largest absolute Gasteiger partial charge is 0.326 e. The van der Waals surface area contributed by atoms with Gasteiger partial charge in [-0.05, 0) is 30.2 Å². The molecule has 0 heterocycles. The van der Waals surface area contributed by atoms with Crippen molar-refractivity contribution in [2.45, 2.75) is 12.8 Å². The predicted molar refractivity (Wildman–Crippen MR) is 81.5 cm³/mol. The van der Waals surface area contributed by atoms with Crippen LogP contribution in [0.2, 0.25) is 5.02 Å². The number of nitrogens with one attached hydrogen (secondary N) is 1. The van der Waals surface area contributed by atoms with Crippen molar-refractivity contribution in [3.63, 3.8) is 0 Å². The summed E-state index contributed by atoms with van der Waals surface area (Å²) in [6.07, 6.45) is 0.601. The third kappa shape index (κ3) is 4.02. The number of nitro benzene ring substituents is 1. The van der Waals surface area contributed by atoms with Crippen LogP contribution in [-0.4, -0.2) is 10.8 Å². The Labute approximate surface area is 130 Å². The van der Waals surface area contributed by atoms with Crippen LogP contribution in [0.3, 0.4) is 0 Å². The Morgan fingerprint density at radius 1 is 1.27 bits per heavy atom. The van der Waals surface area contributed by atoms with Crippen LogP contribution in [0, 0.1) is 15.9 Å². The normalized spacial score (nSPS) is 10.3. The van der Waals surface area contributed by atoms with E-state index in [1.165, 1.54) is 6.07 Å². The first-order valence-electron chi connectivity index (χ1n) is 6.44. The van der Waals surface area contributed by atoms with Gasteiger partial charge in [-0.2, -0.15) is 4.39 Å². The van der Waals surface area contributed by atoms with E-state index in [4.69, 9.17) is 11.6 Å². The lowest BCUT2D eigenvalue weighted by Gasteiger charge is -2.06. The molecule has 1 N–H and O–H groups in total. The summed E-state index contributed by atoms with van der Waals surface area (Å²) in [5.41, 5.74) is 0.338. The Morgan fingerprint density at radius 3 is 2.68 bits per heavy atom. The number of aryl methyl sites for hydroxylation is 1. The Hall–Kier alpha value is -2.47. The second-order valence-electron chi connectivity index (χ2n) is 4.56. The maximum Gasteiger partial charge on any atom is 0.306 e. The molecule has 5 nitrogen and oxygen atoms in total. The first-order valence-corrected chi connectivity index (χ1v) is 6.82. The molecule has 0 unspecified atom stereocenters. The van der Waals surface area contributed by atoms with Gasteiger partial charge in [0, 0.05) is 23.2 Å². The highest BCUT2D eigenvalue weighted by atomic mass is 35.5. The van der Waals surface area contributed by atoms with Crippen LogP contribution < -0.4 is 5.32 Å². The SMILES string of the molecule is O=C(CCc1ccccc1Cl)Nc1ccc(F)c([N+](=O)[O-])c1. The summed E-state index contributed by atoms with van der Waals surface area (Å²) in [4.78, 5) is 21.7. The standard InChI is InChI=1S/C15H12ClFN2O3/c16-12-4-2-1-3-10(12)5-8-15(20)18-11-6-7-13(17)14(9-11)19(21)22/h1-4,6-7,9H,5,8H2,(H,18,20). The summed E-state index contributed by atoms with van der Waals surface area (Å²) in [6, 6.07) is 10.4. The lowest BCUT2D eigenvalue weighted by Crippen LogP contribution is -2.12. The van der Waals surface area contributed by atoms with Gasteiger partial charge in [-0.3, -0.25) is 14.9 Å². The Balaban J connectivity index is 1.99. The van der Waals surface area contributed by atoms with E-state index in [1.807, 2.05) is 12.1 Å². The second-order valence-corrected chi connectivity index (χ2v) is 4.97. The number of hydrogen-bond acceptors (Lipinski definition) is 3. The van der Waals surface area contributed by atoms with Gasteiger partial charge in [0.15, 0.2) is 0 Å². The first-order chi connectivity index (χ1) is 10.5. The molecule has 22 heavy (non-hydrogen) atoms. The van der Waals surface area contributed by atoms with Crippen LogP contribution >= 0.6 is 11.6 Å². The van der Waals surface area contributed by atoms with E-state index >= 15 is 0 Å². The third-order valence-corrected chi connectivity index (χ3v) is 3.37. The number of carbonyl (C=O) groups is 1. The average molecular weight is 323 g/mol. The summed E-state index contributed by atoms with van der Waals surface area (Å²) >= 11 is 5.99. The Kier molecular flexibility index (Phi) is 5.06. The minimum Gasteiger partial charge on any atom is -0.326 e. The quantitative estimate of drug-likeness (QED) is 0.669. The molecule has 114 valence electrons. The lowest BCUT2D eigenvalue weighted by molar-refractivity contribution is -0.387. The molecular formula is C15H12ClFN2O3. The number of nitrogens with zero attached hydrogens (tertiary/aromatic N) is 1. The van der Waals surface area contributed by atoms with Gasteiger partial charge >= 0.3 is 5.69 Å². The number of halogens is 2. The zero-order valence-corrected chi connectivity index (χ0v) is 12.1. The zero-order chi connectivity index (χ0) is 16.1. The molecule has 0 aliphatic heterocycles. The molecule has 0 saturated carbocycles. The van der Waals surface area contributed by atoms with Gasteiger partial charge in [-0.15, -0.1) is 0 Å². The monoisotopic (exact) mass is 322 g/mol. The van der Waals surface area contributed by atoms with Crippen LogP contribution in [0.5, 0.6) is 0 Å². The van der Waals surface area contributed by atoms with E-state index in [9.17, 15) is 19.3 Å². The van der Waals surface area contributed by atoms with Gasteiger partial charge in [-0.25, -0.2) is 0 Å². The maximum absolute atomic E-state index is 13.2. The first kappa shape index (κ1) is 15.9. The van der Waals surface area contributed by atoms with Crippen molar-refractivity contribution < 1.29 is 14.1 Å². The van der Waals surface area contributed by atoms with Crippen molar-refractivity contribution in [3.05, 3.63) is 69.0 Å². The van der Waals surface area contributed by atoms with E-state index in [2.05, 4.69) is 5.32 Å². The highest BCUT2D eigenvalue weighted by molar-refractivity contribution is 6.31. The van der Waals surface area contributed by atoms with Gasteiger partial charge < -0.3 is 5.32 Å². The van der Waals surface area contributed by atoms with Crippen molar-refractivity contribution in [3.8, 4) is 0 Å². The molecule has 2 rings (SSSR count). The molecule has 0 bridgehead atoms. The molecule has 1 amide bonds. The highest BCUT2D eigenvalue weighted by Crippen LogP contribution is 2.22.